The van der Waals surface area contributed by atoms with Crippen molar-refractivity contribution in [2.45, 2.75) is 6.54 Å². The number of carbonyl (C=O) groups excluding carboxylic acids is 2. The first-order valence-corrected chi connectivity index (χ1v) is 7.61. The molecule has 4 rings (SSSR count). The third-order valence-corrected chi connectivity index (χ3v) is 4.12. The van der Waals surface area contributed by atoms with Crippen LogP contribution in [-0.4, -0.2) is 33.8 Å². The third kappa shape index (κ3) is 2.58. The second kappa shape index (κ2) is 5.91. The molecule has 3 N–H and O–H groups in total. The number of hydrogen-bond donors (Lipinski definition) is 3. The van der Waals surface area contributed by atoms with Crippen molar-refractivity contribution >= 4 is 28.4 Å². The van der Waals surface area contributed by atoms with Crippen molar-refractivity contribution in [2.24, 2.45) is 0 Å². The van der Waals surface area contributed by atoms with Gasteiger partial charge in [-0.15, -0.1) is 0 Å². The van der Waals surface area contributed by atoms with E-state index in [1.807, 2.05) is 24.3 Å². The van der Waals surface area contributed by atoms with Gasteiger partial charge in [-0.2, -0.15) is 5.10 Å². The van der Waals surface area contributed by atoms with Crippen molar-refractivity contribution in [1.82, 2.24) is 15.7 Å². The smallest absolute Gasteiger partial charge is 0.274 e. The maximum atomic E-state index is 12.4. The monoisotopic (exact) mass is 338 g/mol. The van der Waals surface area contributed by atoms with Crippen molar-refractivity contribution < 1.29 is 19.5 Å². The topological polar surface area (TPSA) is 108 Å². The number of amides is 2. The van der Waals surface area contributed by atoms with Crippen molar-refractivity contribution in [1.29, 1.82) is 0 Å². The molecule has 0 saturated heterocycles. The SMILES string of the molecule is O=C(NO)c1ccc2c(c1)N(Cc1[nH]nc3ccccc13)C(=O)CO2. The van der Waals surface area contributed by atoms with Gasteiger partial charge in [0.2, 0.25) is 0 Å². The highest BCUT2D eigenvalue weighted by Crippen LogP contribution is 2.34. The summed E-state index contributed by atoms with van der Waals surface area (Å²) in [6.45, 7) is 0.185. The number of aromatic nitrogens is 2. The van der Waals surface area contributed by atoms with Gasteiger partial charge in [-0.1, -0.05) is 18.2 Å². The minimum absolute atomic E-state index is 0.0788. The third-order valence-electron chi connectivity index (χ3n) is 4.12. The summed E-state index contributed by atoms with van der Waals surface area (Å²) in [6, 6.07) is 12.2. The summed E-state index contributed by atoms with van der Waals surface area (Å²) in [5.41, 5.74) is 3.87. The number of fused-ring (bicyclic) bond motifs is 2. The van der Waals surface area contributed by atoms with Crippen LogP contribution in [0.25, 0.3) is 10.9 Å². The summed E-state index contributed by atoms with van der Waals surface area (Å²) >= 11 is 0. The number of para-hydroxylation sites is 1. The molecule has 8 heteroatoms. The maximum absolute atomic E-state index is 12.4. The van der Waals surface area contributed by atoms with Crippen LogP contribution < -0.4 is 15.1 Å². The number of nitrogens with one attached hydrogen (secondary N) is 2. The van der Waals surface area contributed by atoms with Crippen molar-refractivity contribution in [2.75, 3.05) is 11.5 Å². The van der Waals surface area contributed by atoms with Crippen LogP contribution in [0, 0.1) is 0 Å². The number of ether oxygens (including phenoxy) is 1. The molecule has 2 aromatic carbocycles. The molecule has 0 saturated carbocycles. The summed E-state index contributed by atoms with van der Waals surface area (Å²) in [6.07, 6.45) is 0. The van der Waals surface area contributed by atoms with Crippen molar-refractivity contribution in [3.8, 4) is 5.75 Å². The highest BCUT2D eigenvalue weighted by Gasteiger charge is 2.27. The van der Waals surface area contributed by atoms with Gasteiger partial charge < -0.3 is 4.74 Å². The largest absolute Gasteiger partial charge is 0.482 e. The second-order valence-electron chi connectivity index (χ2n) is 5.61. The predicted molar refractivity (Wildman–Crippen MR) is 88.5 cm³/mol. The molecule has 0 aliphatic carbocycles. The molecule has 0 spiro atoms. The van der Waals surface area contributed by atoms with Crippen LogP contribution in [0.5, 0.6) is 5.75 Å². The van der Waals surface area contributed by atoms with Crippen LogP contribution in [0.1, 0.15) is 16.1 Å². The van der Waals surface area contributed by atoms with Gasteiger partial charge in [0.15, 0.2) is 6.61 Å². The highest BCUT2D eigenvalue weighted by atomic mass is 16.5. The number of hydroxylamine groups is 1. The van der Waals surface area contributed by atoms with Gasteiger partial charge in [0, 0.05) is 10.9 Å². The molecule has 1 aliphatic heterocycles. The normalized spacial score (nSPS) is 13.5. The lowest BCUT2D eigenvalue weighted by molar-refractivity contribution is -0.121. The van der Waals surface area contributed by atoms with Gasteiger partial charge in [0.05, 0.1) is 23.4 Å². The summed E-state index contributed by atoms with van der Waals surface area (Å²) in [4.78, 5) is 25.6. The van der Waals surface area contributed by atoms with E-state index >= 15 is 0 Å². The fourth-order valence-corrected chi connectivity index (χ4v) is 2.87. The van der Waals surface area contributed by atoms with Gasteiger partial charge in [-0.25, -0.2) is 5.48 Å². The van der Waals surface area contributed by atoms with E-state index in [9.17, 15) is 9.59 Å². The Bertz CT molecular complexity index is 982. The molecule has 1 aliphatic rings. The Labute approximate surface area is 142 Å². The van der Waals surface area contributed by atoms with Crippen LogP contribution >= 0.6 is 0 Å². The minimum Gasteiger partial charge on any atom is -0.482 e. The molecule has 3 aromatic rings. The van der Waals surface area contributed by atoms with E-state index in [2.05, 4.69) is 10.2 Å². The average molecular weight is 338 g/mol. The standard InChI is InChI=1S/C17H14N4O4/c22-16-9-25-15-6-5-10(17(23)20-24)7-14(15)21(16)8-13-11-3-1-2-4-12(11)18-19-13/h1-7,24H,8-9H2,(H,18,19)(H,20,23). The lowest BCUT2D eigenvalue weighted by Crippen LogP contribution is -2.38. The molecular formula is C17H14N4O4. The minimum atomic E-state index is -0.659. The van der Waals surface area contributed by atoms with E-state index in [1.165, 1.54) is 17.0 Å². The first-order chi connectivity index (χ1) is 12.2. The fourth-order valence-electron chi connectivity index (χ4n) is 2.87. The number of hydrogen-bond acceptors (Lipinski definition) is 5. The highest BCUT2D eigenvalue weighted by molar-refractivity contribution is 6.01. The van der Waals surface area contributed by atoms with Crippen LogP contribution in [0.4, 0.5) is 5.69 Å². The van der Waals surface area contributed by atoms with Crippen molar-refractivity contribution in [3.05, 3.63) is 53.7 Å². The lowest BCUT2D eigenvalue weighted by Gasteiger charge is -2.29. The number of H-pyrrole nitrogens is 1. The first kappa shape index (κ1) is 15.2. The van der Waals surface area contributed by atoms with E-state index < -0.39 is 5.91 Å². The summed E-state index contributed by atoms with van der Waals surface area (Å²) in [5, 5.41) is 16.9. The van der Waals surface area contributed by atoms with E-state index in [0.717, 1.165) is 16.6 Å². The number of aromatic amines is 1. The average Bonchev–Trinajstić information content (AvgIpc) is 3.06. The zero-order valence-electron chi connectivity index (χ0n) is 13.0. The van der Waals surface area contributed by atoms with E-state index in [1.54, 1.807) is 11.5 Å². The van der Waals surface area contributed by atoms with Crippen LogP contribution in [0.15, 0.2) is 42.5 Å². The quantitative estimate of drug-likeness (QED) is 0.497. The maximum Gasteiger partial charge on any atom is 0.274 e. The molecular weight excluding hydrogens is 324 g/mol. The van der Waals surface area contributed by atoms with E-state index in [0.29, 0.717) is 11.4 Å². The summed E-state index contributed by atoms with van der Waals surface area (Å²) in [5.74, 6) is -0.390. The first-order valence-electron chi connectivity index (χ1n) is 7.61. The number of carbonyl (C=O) groups is 2. The molecule has 2 heterocycles. The van der Waals surface area contributed by atoms with Gasteiger partial charge in [-0.3, -0.25) is 24.8 Å². The van der Waals surface area contributed by atoms with E-state index in [4.69, 9.17) is 9.94 Å². The summed E-state index contributed by atoms with van der Waals surface area (Å²) < 4.78 is 5.43. The number of rotatable bonds is 3. The van der Waals surface area contributed by atoms with Crippen LogP contribution in [0.3, 0.4) is 0 Å². The molecule has 8 nitrogen and oxygen atoms in total. The molecule has 2 amide bonds. The lowest BCUT2D eigenvalue weighted by atomic mass is 10.1. The molecule has 0 radical (unpaired) electrons. The van der Waals surface area contributed by atoms with E-state index in [-0.39, 0.29) is 24.6 Å². The Balaban J connectivity index is 1.75. The molecule has 25 heavy (non-hydrogen) atoms. The Hall–Kier alpha value is -3.39. The Morgan fingerprint density at radius 3 is 3.00 bits per heavy atom. The fraction of sp³-hybridized carbons (Fsp3) is 0.118. The number of nitrogens with zero attached hydrogens (tertiary/aromatic N) is 2. The molecule has 126 valence electrons. The zero-order chi connectivity index (χ0) is 17.4. The van der Waals surface area contributed by atoms with Gasteiger partial charge >= 0.3 is 0 Å². The van der Waals surface area contributed by atoms with Crippen LogP contribution in [0.2, 0.25) is 0 Å². The Kier molecular flexibility index (Phi) is 3.58. The second-order valence-corrected chi connectivity index (χ2v) is 5.61. The summed E-state index contributed by atoms with van der Waals surface area (Å²) in [7, 11) is 0. The van der Waals surface area contributed by atoms with Crippen molar-refractivity contribution in [3.63, 3.8) is 0 Å². The zero-order valence-corrected chi connectivity index (χ0v) is 13.0. The van der Waals surface area contributed by atoms with Gasteiger partial charge in [0.25, 0.3) is 11.8 Å². The molecule has 0 unspecified atom stereocenters. The predicted octanol–water partition coefficient (Wildman–Crippen LogP) is 1.61. The van der Waals surface area contributed by atoms with Gasteiger partial charge in [-0.05, 0) is 24.3 Å². The Morgan fingerprint density at radius 2 is 2.16 bits per heavy atom. The number of anilines is 1. The van der Waals surface area contributed by atoms with Gasteiger partial charge in [0.1, 0.15) is 5.75 Å². The van der Waals surface area contributed by atoms with Crippen LogP contribution in [-0.2, 0) is 11.3 Å². The molecule has 0 atom stereocenters. The Morgan fingerprint density at radius 1 is 1.32 bits per heavy atom. The molecule has 0 fully saturated rings. The molecule has 1 aromatic heterocycles. The molecule has 0 bridgehead atoms. The number of benzene rings is 2.